The number of nitrogens with zero attached hydrogens (tertiary/aromatic N) is 1. The number of piperazine rings is 1. The molecule has 5 nitrogen and oxygen atoms in total. The summed E-state index contributed by atoms with van der Waals surface area (Å²) in [6.07, 6.45) is 0.889. The quantitative estimate of drug-likeness (QED) is 0.839. The molecule has 0 radical (unpaired) electrons. The normalized spacial score (nSPS) is 17.6. The molecule has 0 unspecified atom stereocenters. The summed E-state index contributed by atoms with van der Waals surface area (Å²) in [6, 6.07) is 2.67. The maximum absolute atomic E-state index is 14.2. The summed E-state index contributed by atoms with van der Waals surface area (Å²) in [5.41, 5.74) is 0.292. The molecule has 19 heavy (non-hydrogen) atoms. The molecule has 0 atom stereocenters. The number of phenols is 1. The third-order valence-corrected chi connectivity index (χ3v) is 4.26. The van der Waals surface area contributed by atoms with E-state index in [1.54, 1.807) is 0 Å². The van der Waals surface area contributed by atoms with E-state index in [9.17, 15) is 17.9 Å². The number of sulfone groups is 1. The van der Waals surface area contributed by atoms with Crippen molar-refractivity contribution in [3.63, 3.8) is 0 Å². The summed E-state index contributed by atoms with van der Waals surface area (Å²) >= 11 is 0. The van der Waals surface area contributed by atoms with Gasteiger partial charge in [0.05, 0.1) is 0 Å². The number of hydrogen-bond donors (Lipinski definition) is 2. The lowest BCUT2D eigenvalue weighted by Crippen LogP contribution is -2.43. The summed E-state index contributed by atoms with van der Waals surface area (Å²) in [5, 5.41) is 12.7. The van der Waals surface area contributed by atoms with Crippen LogP contribution in [0.4, 0.5) is 4.39 Å². The number of nitrogens with one attached hydrogen (secondary N) is 1. The Bertz CT molecular complexity index is 569. The number of rotatable bonds is 3. The molecule has 0 aliphatic carbocycles. The fourth-order valence-electron chi connectivity index (χ4n) is 2.17. The van der Waals surface area contributed by atoms with Crippen molar-refractivity contribution in [3.05, 3.63) is 23.5 Å². The molecule has 0 saturated carbocycles. The Morgan fingerprint density at radius 1 is 1.37 bits per heavy atom. The van der Waals surface area contributed by atoms with Crippen LogP contribution in [0.1, 0.15) is 5.56 Å². The van der Waals surface area contributed by atoms with Crippen molar-refractivity contribution in [3.8, 4) is 5.75 Å². The van der Waals surface area contributed by atoms with Gasteiger partial charge < -0.3 is 10.4 Å². The van der Waals surface area contributed by atoms with Gasteiger partial charge in [0.2, 0.25) is 0 Å². The first kappa shape index (κ1) is 14.2. The Labute approximate surface area is 112 Å². The van der Waals surface area contributed by atoms with E-state index in [0.29, 0.717) is 12.1 Å². The largest absolute Gasteiger partial charge is 0.506 e. The highest BCUT2D eigenvalue weighted by Crippen LogP contribution is 2.28. The second-order valence-electron chi connectivity index (χ2n) is 4.69. The van der Waals surface area contributed by atoms with E-state index in [0.717, 1.165) is 32.4 Å². The minimum Gasteiger partial charge on any atom is -0.506 e. The number of hydrogen-bond acceptors (Lipinski definition) is 5. The Balaban J connectivity index is 2.32. The second-order valence-corrected chi connectivity index (χ2v) is 6.64. The molecule has 1 aliphatic rings. The van der Waals surface area contributed by atoms with Gasteiger partial charge in [-0.1, -0.05) is 6.07 Å². The van der Waals surface area contributed by atoms with E-state index >= 15 is 0 Å². The zero-order valence-electron chi connectivity index (χ0n) is 10.7. The third-order valence-electron chi connectivity index (χ3n) is 3.13. The van der Waals surface area contributed by atoms with Gasteiger partial charge in [-0.25, -0.2) is 12.8 Å². The Morgan fingerprint density at radius 2 is 2.00 bits per heavy atom. The van der Waals surface area contributed by atoms with Gasteiger partial charge >= 0.3 is 0 Å². The third kappa shape index (κ3) is 3.23. The molecule has 1 aliphatic heterocycles. The lowest BCUT2D eigenvalue weighted by molar-refractivity contribution is 0.229. The van der Waals surface area contributed by atoms with Gasteiger partial charge in [0.25, 0.3) is 0 Å². The zero-order valence-corrected chi connectivity index (χ0v) is 11.5. The molecule has 1 aromatic carbocycles. The van der Waals surface area contributed by atoms with Crippen molar-refractivity contribution >= 4 is 9.84 Å². The molecule has 0 aromatic heterocycles. The highest BCUT2D eigenvalue weighted by molar-refractivity contribution is 7.90. The van der Waals surface area contributed by atoms with Crippen molar-refractivity contribution in [2.75, 3.05) is 32.4 Å². The Kier molecular flexibility index (Phi) is 4.07. The maximum Gasteiger partial charge on any atom is 0.182 e. The van der Waals surface area contributed by atoms with Crippen LogP contribution in [-0.2, 0) is 16.4 Å². The van der Waals surface area contributed by atoms with Gasteiger partial charge in [0, 0.05) is 44.5 Å². The predicted octanol–water partition coefficient (Wildman–Crippen LogP) is 0.340. The first-order valence-electron chi connectivity index (χ1n) is 6.03. The molecule has 1 heterocycles. The van der Waals surface area contributed by atoms with E-state index in [-0.39, 0.29) is 0 Å². The Morgan fingerprint density at radius 3 is 2.58 bits per heavy atom. The van der Waals surface area contributed by atoms with Crippen molar-refractivity contribution < 1.29 is 17.9 Å². The fourth-order valence-corrected chi connectivity index (χ4v) is 3.08. The maximum atomic E-state index is 14.2. The summed E-state index contributed by atoms with van der Waals surface area (Å²) in [4.78, 5) is 1.43. The minimum atomic E-state index is -3.78. The average Bonchev–Trinajstić information content (AvgIpc) is 2.32. The van der Waals surface area contributed by atoms with Crippen LogP contribution in [0.15, 0.2) is 17.0 Å². The molecule has 2 N–H and O–H groups in total. The van der Waals surface area contributed by atoms with Gasteiger partial charge in [-0.05, 0) is 6.07 Å². The highest BCUT2D eigenvalue weighted by atomic mass is 32.2. The van der Waals surface area contributed by atoms with Crippen LogP contribution in [0.25, 0.3) is 0 Å². The predicted molar refractivity (Wildman–Crippen MR) is 69.3 cm³/mol. The SMILES string of the molecule is CS(=O)(=O)c1c(O)ccc(CN2CCNCC2)c1F. The van der Waals surface area contributed by atoms with Gasteiger partial charge in [0.15, 0.2) is 9.84 Å². The molecular formula is C12H17FN2O3S. The summed E-state index contributed by atoms with van der Waals surface area (Å²) in [7, 11) is -3.78. The first-order chi connectivity index (χ1) is 8.89. The Hall–Kier alpha value is -1.18. The minimum absolute atomic E-state index is 0.292. The van der Waals surface area contributed by atoms with Crippen LogP contribution < -0.4 is 5.32 Å². The standard InChI is InChI=1S/C12H17FN2O3S/c1-19(17,18)12-10(16)3-2-9(11(12)13)8-15-6-4-14-5-7-15/h2-3,14,16H,4-8H2,1H3. The van der Waals surface area contributed by atoms with E-state index in [2.05, 4.69) is 5.32 Å². The van der Waals surface area contributed by atoms with Crippen LogP contribution in [0.3, 0.4) is 0 Å². The van der Waals surface area contributed by atoms with Crippen molar-refractivity contribution in [2.45, 2.75) is 11.4 Å². The van der Waals surface area contributed by atoms with Crippen LogP contribution in [-0.4, -0.2) is 50.9 Å². The van der Waals surface area contributed by atoms with Gasteiger partial charge in [-0.15, -0.1) is 0 Å². The van der Waals surface area contributed by atoms with Crippen molar-refractivity contribution in [2.24, 2.45) is 0 Å². The topological polar surface area (TPSA) is 69.6 Å². The molecule has 0 spiro atoms. The molecule has 106 valence electrons. The molecule has 0 bridgehead atoms. The van der Waals surface area contributed by atoms with Crippen LogP contribution in [0.5, 0.6) is 5.75 Å². The van der Waals surface area contributed by atoms with Crippen LogP contribution in [0.2, 0.25) is 0 Å². The highest BCUT2D eigenvalue weighted by Gasteiger charge is 2.23. The summed E-state index contributed by atoms with van der Waals surface area (Å²) < 4.78 is 37.2. The van der Waals surface area contributed by atoms with E-state index < -0.39 is 26.3 Å². The fraction of sp³-hybridized carbons (Fsp3) is 0.500. The number of halogens is 1. The van der Waals surface area contributed by atoms with E-state index in [4.69, 9.17) is 0 Å². The number of aromatic hydroxyl groups is 1. The molecule has 7 heteroatoms. The van der Waals surface area contributed by atoms with Gasteiger partial charge in [-0.3, -0.25) is 4.90 Å². The molecule has 1 fully saturated rings. The van der Waals surface area contributed by atoms with Crippen molar-refractivity contribution in [1.82, 2.24) is 10.2 Å². The van der Waals surface area contributed by atoms with Gasteiger partial charge in [-0.2, -0.15) is 0 Å². The first-order valence-corrected chi connectivity index (χ1v) is 7.92. The smallest absolute Gasteiger partial charge is 0.182 e. The lowest BCUT2D eigenvalue weighted by Gasteiger charge is -2.27. The summed E-state index contributed by atoms with van der Waals surface area (Å²) in [6.45, 7) is 3.58. The molecule has 2 rings (SSSR count). The van der Waals surface area contributed by atoms with Crippen LogP contribution >= 0.6 is 0 Å². The van der Waals surface area contributed by atoms with E-state index in [1.807, 2.05) is 4.90 Å². The van der Waals surface area contributed by atoms with Crippen LogP contribution in [0, 0.1) is 5.82 Å². The summed E-state index contributed by atoms with van der Waals surface area (Å²) in [5.74, 6) is -1.38. The lowest BCUT2D eigenvalue weighted by atomic mass is 10.1. The number of phenolic OH excluding ortho intramolecular Hbond substituents is 1. The second kappa shape index (κ2) is 5.44. The molecule has 1 aromatic rings. The van der Waals surface area contributed by atoms with Crippen molar-refractivity contribution in [1.29, 1.82) is 0 Å². The van der Waals surface area contributed by atoms with Gasteiger partial charge in [0.1, 0.15) is 16.5 Å². The average molecular weight is 288 g/mol. The molecule has 0 amide bonds. The van der Waals surface area contributed by atoms with E-state index in [1.165, 1.54) is 12.1 Å². The molecular weight excluding hydrogens is 271 g/mol. The monoisotopic (exact) mass is 288 g/mol. The molecule has 1 saturated heterocycles. The number of benzene rings is 1. The zero-order chi connectivity index (χ0) is 14.0.